The molecule has 3 nitrogen and oxygen atoms in total. The number of carbonyl (C=O) groups is 1. The van der Waals surface area contributed by atoms with Crippen molar-refractivity contribution in [2.45, 2.75) is 4.90 Å². The Bertz CT molecular complexity index is 630. The molecule has 2 aromatic rings. The summed E-state index contributed by atoms with van der Waals surface area (Å²) < 4.78 is 13.1. The van der Waals surface area contributed by atoms with Crippen LogP contribution in [0, 0.1) is 5.82 Å². The van der Waals surface area contributed by atoms with Gasteiger partial charge in [0.15, 0.2) is 0 Å². The Morgan fingerprint density at radius 3 is 2.94 bits per heavy atom. The van der Waals surface area contributed by atoms with Crippen molar-refractivity contribution in [3.63, 3.8) is 0 Å². The number of halogens is 1. The molecule has 3 rings (SSSR count). The van der Waals surface area contributed by atoms with Gasteiger partial charge in [-0.05, 0) is 23.8 Å². The maximum absolute atomic E-state index is 13.1. The van der Waals surface area contributed by atoms with Gasteiger partial charge in [0.05, 0.1) is 17.6 Å². The fourth-order valence-electron chi connectivity index (χ4n) is 1.82. The summed E-state index contributed by atoms with van der Waals surface area (Å²) in [7, 11) is 0. The molecule has 1 N–H and O–H groups in total. The van der Waals surface area contributed by atoms with Crippen LogP contribution in [0.2, 0.25) is 0 Å². The number of thioether (sulfide) groups is 1. The minimum absolute atomic E-state index is 0.00710. The Morgan fingerprint density at radius 1 is 1.22 bits per heavy atom. The van der Waals surface area contributed by atoms with Gasteiger partial charge in [-0.15, -0.1) is 11.8 Å². The largest absolute Gasteiger partial charge is 0.324 e. The molecule has 18 heavy (non-hydrogen) atoms. The number of nitrogens with one attached hydrogen (secondary N) is 1. The molecule has 0 spiro atoms. The topological polar surface area (TPSA) is 42.0 Å². The zero-order chi connectivity index (χ0) is 12.5. The molecule has 5 heteroatoms. The number of benzene rings is 1. The van der Waals surface area contributed by atoms with E-state index in [1.807, 2.05) is 18.2 Å². The molecule has 0 saturated carbocycles. The zero-order valence-corrected chi connectivity index (χ0v) is 10.1. The fraction of sp³-hybridized carbons (Fsp3) is 0.0769. The van der Waals surface area contributed by atoms with Crippen LogP contribution >= 0.6 is 11.8 Å². The number of hydrogen-bond acceptors (Lipinski definition) is 3. The lowest BCUT2D eigenvalue weighted by molar-refractivity contribution is -0.113. The van der Waals surface area contributed by atoms with E-state index in [9.17, 15) is 9.18 Å². The lowest BCUT2D eigenvalue weighted by Gasteiger charge is -2.17. The van der Waals surface area contributed by atoms with Gasteiger partial charge in [-0.3, -0.25) is 9.78 Å². The van der Waals surface area contributed by atoms with Crippen molar-refractivity contribution in [2.75, 3.05) is 11.1 Å². The number of carbonyl (C=O) groups excluding carboxylic acids is 1. The average molecular weight is 260 g/mol. The molecular formula is C13H9FN2OS. The smallest absolute Gasteiger partial charge is 0.234 e. The number of nitrogens with zero attached hydrogens (tertiary/aromatic N) is 1. The Balaban J connectivity index is 2.02. The molecule has 1 aromatic heterocycles. The predicted octanol–water partition coefficient (Wildman–Crippen LogP) is 2.93. The van der Waals surface area contributed by atoms with Gasteiger partial charge in [0.2, 0.25) is 5.91 Å². The van der Waals surface area contributed by atoms with Crippen LogP contribution in [0.1, 0.15) is 0 Å². The van der Waals surface area contributed by atoms with Crippen molar-refractivity contribution in [2.24, 2.45) is 0 Å². The molecule has 1 aliphatic heterocycles. The lowest BCUT2D eigenvalue weighted by Crippen LogP contribution is -2.18. The van der Waals surface area contributed by atoms with E-state index in [1.54, 1.807) is 6.20 Å². The Hall–Kier alpha value is -1.88. The minimum atomic E-state index is -0.355. The SMILES string of the molecule is O=C1CSc2cc(-c3cncc(F)c3)ccc2N1. The molecular weight excluding hydrogens is 251 g/mol. The average Bonchev–Trinajstić information content (AvgIpc) is 2.38. The first kappa shape index (κ1) is 11.2. The van der Waals surface area contributed by atoms with Crippen LogP contribution in [0.4, 0.5) is 10.1 Å². The first-order valence-electron chi connectivity index (χ1n) is 5.40. The van der Waals surface area contributed by atoms with E-state index in [4.69, 9.17) is 0 Å². The van der Waals surface area contributed by atoms with E-state index >= 15 is 0 Å². The maximum Gasteiger partial charge on any atom is 0.234 e. The van der Waals surface area contributed by atoms with Crippen LogP contribution in [0.5, 0.6) is 0 Å². The number of hydrogen-bond donors (Lipinski definition) is 1. The molecule has 0 fully saturated rings. The van der Waals surface area contributed by atoms with Crippen LogP contribution in [-0.4, -0.2) is 16.6 Å². The number of amides is 1. The molecule has 0 radical (unpaired) electrons. The molecule has 1 amide bonds. The Morgan fingerprint density at radius 2 is 2.11 bits per heavy atom. The first-order valence-corrected chi connectivity index (χ1v) is 6.38. The molecule has 0 atom stereocenters. The van der Waals surface area contributed by atoms with E-state index in [0.717, 1.165) is 21.7 Å². The molecule has 1 aromatic carbocycles. The van der Waals surface area contributed by atoms with Crippen LogP contribution in [-0.2, 0) is 4.79 Å². The van der Waals surface area contributed by atoms with E-state index in [2.05, 4.69) is 10.3 Å². The lowest BCUT2D eigenvalue weighted by atomic mass is 10.1. The summed E-state index contributed by atoms with van der Waals surface area (Å²) in [6.45, 7) is 0. The molecule has 0 unspecified atom stereocenters. The number of rotatable bonds is 1. The van der Waals surface area contributed by atoms with Gasteiger partial charge in [0, 0.05) is 16.7 Å². The fourth-order valence-corrected chi connectivity index (χ4v) is 2.67. The molecule has 90 valence electrons. The minimum Gasteiger partial charge on any atom is -0.324 e. The monoisotopic (exact) mass is 260 g/mol. The highest BCUT2D eigenvalue weighted by Gasteiger charge is 2.15. The van der Waals surface area contributed by atoms with Crippen molar-refractivity contribution < 1.29 is 9.18 Å². The van der Waals surface area contributed by atoms with Crippen LogP contribution in [0.3, 0.4) is 0 Å². The second-order valence-corrected chi connectivity index (χ2v) is 4.96. The summed E-state index contributed by atoms with van der Waals surface area (Å²) >= 11 is 1.48. The third-order valence-electron chi connectivity index (χ3n) is 2.65. The zero-order valence-electron chi connectivity index (χ0n) is 9.31. The summed E-state index contributed by atoms with van der Waals surface area (Å²) in [5.74, 6) is 0.0662. The van der Waals surface area contributed by atoms with Crippen molar-refractivity contribution in [1.82, 2.24) is 4.98 Å². The van der Waals surface area contributed by atoms with Gasteiger partial charge in [0.1, 0.15) is 5.82 Å². The second-order valence-electron chi connectivity index (χ2n) is 3.94. The van der Waals surface area contributed by atoms with E-state index in [0.29, 0.717) is 5.75 Å². The van der Waals surface area contributed by atoms with Gasteiger partial charge in [-0.25, -0.2) is 4.39 Å². The summed E-state index contributed by atoms with van der Waals surface area (Å²) in [6, 6.07) is 7.07. The number of anilines is 1. The molecule has 0 aliphatic carbocycles. The molecule has 0 bridgehead atoms. The van der Waals surface area contributed by atoms with Gasteiger partial charge in [-0.2, -0.15) is 0 Å². The van der Waals surface area contributed by atoms with Gasteiger partial charge >= 0.3 is 0 Å². The molecule has 0 saturated heterocycles. The normalized spacial score (nSPS) is 13.9. The number of fused-ring (bicyclic) bond motifs is 1. The number of aromatic nitrogens is 1. The van der Waals surface area contributed by atoms with Gasteiger partial charge < -0.3 is 5.32 Å². The quantitative estimate of drug-likeness (QED) is 0.857. The highest BCUT2D eigenvalue weighted by Crippen LogP contribution is 2.34. The summed E-state index contributed by atoms with van der Waals surface area (Å²) in [5, 5.41) is 2.80. The predicted molar refractivity (Wildman–Crippen MR) is 69.0 cm³/mol. The van der Waals surface area contributed by atoms with Crippen LogP contribution < -0.4 is 5.32 Å². The van der Waals surface area contributed by atoms with Crippen molar-refractivity contribution >= 4 is 23.4 Å². The Labute approximate surface area is 107 Å². The number of pyridine rings is 1. The van der Waals surface area contributed by atoms with Gasteiger partial charge in [0.25, 0.3) is 0 Å². The highest BCUT2D eigenvalue weighted by atomic mass is 32.2. The van der Waals surface area contributed by atoms with Crippen LogP contribution in [0.25, 0.3) is 11.1 Å². The maximum atomic E-state index is 13.1. The van der Waals surface area contributed by atoms with E-state index in [1.165, 1.54) is 24.0 Å². The standard InChI is InChI=1S/C13H9FN2OS/c14-10-3-9(5-15-6-10)8-1-2-11-12(4-8)18-7-13(17)16-11/h1-6H,7H2,(H,16,17). The Kier molecular flexibility index (Phi) is 2.76. The highest BCUT2D eigenvalue weighted by molar-refractivity contribution is 8.00. The first-order chi connectivity index (χ1) is 8.72. The van der Waals surface area contributed by atoms with Crippen molar-refractivity contribution in [1.29, 1.82) is 0 Å². The van der Waals surface area contributed by atoms with Crippen molar-refractivity contribution in [3.8, 4) is 11.1 Å². The van der Waals surface area contributed by atoms with Crippen LogP contribution in [0.15, 0.2) is 41.6 Å². The van der Waals surface area contributed by atoms with Gasteiger partial charge in [-0.1, -0.05) is 6.07 Å². The molecule has 1 aliphatic rings. The van der Waals surface area contributed by atoms with Crippen molar-refractivity contribution in [3.05, 3.63) is 42.5 Å². The third kappa shape index (κ3) is 2.09. The third-order valence-corrected chi connectivity index (χ3v) is 3.71. The summed E-state index contributed by atoms with van der Waals surface area (Å²) in [5.41, 5.74) is 2.43. The summed E-state index contributed by atoms with van der Waals surface area (Å²) in [6.07, 6.45) is 2.80. The molecule has 2 heterocycles. The summed E-state index contributed by atoms with van der Waals surface area (Å²) in [4.78, 5) is 16.1. The van der Waals surface area contributed by atoms with E-state index < -0.39 is 0 Å². The van der Waals surface area contributed by atoms with E-state index in [-0.39, 0.29) is 11.7 Å². The second kappa shape index (κ2) is 4.42.